The Labute approximate surface area is 88.9 Å². The third kappa shape index (κ3) is 6.62. The first-order valence-electron chi connectivity index (χ1n) is 4.78. The first kappa shape index (κ1) is 13.6. The lowest BCUT2D eigenvalue weighted by Gasteiger charge is -2.03. The molecule has 0 aliphatic heterocycles. The van der Waals surface area contributed by atoms with Crippen LogP contribution >= 0.6 is 0 Å². The number of carbonyl (C=O) groups is 1. The monoisotopic (exact) mass is 213 g/mol. The lowest BCUT2D eigenvalue weighted by atomic mass is 10.2. The molecule has 0 saturated heterocycles. The van der Waals surface area contributed by atoms with Crippen molar-refractivity contribution in [2.45, 2.75) is 19.9 Å². The molecular weight excluding hydrogens is 197 g/mol. The fourth-order valence-electron chi connectivity index (χ4n) is 1.04. The predicted octanol–water partition coefficient (Wildman–Crippen LogP) is 2.03. The van der Waals surface area contributed by atoms with Gasteiger partial charge in [0.1, 0.15) is 5.82 Å². The SMILES string of the molecule is CCCNCc1ccccc1F.O=CO. The average Bonchev–Trinajstić information content (AvgIpc) is 2.22. The van der Waals surface area contributed by atoms with Crippen LogP contribution < -0.4 is 5.32 Å². The highest BCUT2D eigenvalue weighted by molar-refractivity contribution is 5.32. The molecule has 2 N–H and O–H groups in total. The molecule has 0 bridgehead atoms. The van der Waals surface area contributed by atoms with E-state index in [1.54, 1.807) is 12.1 Å². The van der Waals surface area contributed by atoms with Gasteiger partial charge in [0.2, 0.25) is 0 Å². The van der Waals surface area contributed by atoms with Crippen LogP contribution in [-0.2, 0) is 11.3 Å². The van der Waals surface area contributed by atoms with Crippen LogP contribution in [-0.4, -0.2) is 18.1 Å². The van der Waals surface area contributed by atoms with E-state index in [9.17, 15) is 4.39 Å². The van der Waals surface area contributed by atoms with E-state index in [0.29, 0.717) is 6.54 Å². The van der Waals surface area contributed by atoms with Gasteiger partial charge in [-0.2, -0.15) is 0 Å². The van der Waals surface area contributed by atoms with Gasteiger partial charge in [0.05, 0.1) is 0 Å². The highest BCUT2D eigenvalue weighted by Crippen LogP contribution is 2.04. The second-order valence-electron chi connectivity index (χ2n) is 2.87. The molecule has 0 aliphatic carbocycles. The molecule has 0 amide bonds. The summed E-state index contributed by atoms with van der Waals surface area (Å²) in [5, 5.41) is 10.0. The van der Waals surface area contributed by atoms with E-state index in [0.717, 1.165) is 18.5 Å². The number of carboxylic acid groups (broad SMARTS) is 1. The zero-order chi connectivity index (χ0) is 11.5. The van der Waals surface area contributed by atoms with Crippen LogP contribution in [0.15, 0.2) is 24.3 Å². The summed E-state index contributed by atoms with van der Waals surface area (Å²) >= 11 is 0. The summed E-state index contributed by atoms with van der Waals surface area (Å²) in [6, 6.07) is 6.85. The van der Waals surface area contributed by atoms with Gasteiger partial charge < -0.3 is 10.4 Å². The number of hydrogen-bond acceptors (Lipinski definition) is 2. The van der Waals surface area contributed by atoms with Gasteiger partial charge in [0.15, 0.2) is 0 Å². The molecule has 0 saturated carbocycles. The minimum atomic E-state index is -0.250. The summed E-state index contributed by atoms with van der Waals surface area (Å²) in [5.41, 5.74) is 0.742. The van der Waals surface area contributed by atoms with E-state index >= 15 is 0 Å². The Morgan fingerprint density at radius 2 is 2.07 bits per heavy atom. The van der Waals surface area contributed by atoms with Gasteiger partial charge in [-0.3, -0.25) is 4.79 Å². The highest BCUT2D eigenvalue weighted by Gasteiger charge is 1.97. The van der Waals surface area contributed by atoms with Crippen molar-refractivity contribution in [1.29, 1.82) is 0 Å². The first-order chi connectivity index (χ1) is 7.26. The molecule has 0 atom stereocenters. The van der Waals surface area contributed by atoms with E-state index in [-0.39, 0.29) is 12.3 Å². The molecule has 0 heterocycles. The fourth-order valence-corrected chi connectivity index (χ4v) is 1.04. The molecule has 15 heavy (non-hydrogen) atoms. The fraction of sp³-hybridized carbons (Fsp3) is 0.364. The van der Waals surface area contributed by atoms with Crippen LogP contribution in [0.3, 0.4) is 0 Å². The highest BCUT2D eigenvalue weighted by atomic mass is 19.1. The number of rotatable bonds is 4. The number of halogens is 1. The third-order valence-corrected chi connectivity index (χ3v) is 1.70. The summed E-state index contributed by atoms with van der Waals surface area (Å²) in [4.78, 5) is 8.36. The molecule has 4 heteroatoms. The normalized spacial score (nSPS) is 8.93. The maximum Gasteiger partial charge on any atom is 0.290 e. The summed E-state index contributed by atoms with van der Waals surface area (Å²) in [6.45, 7) is 3.41. The Kier molecular flexibility index (Phi) is 8.28. The largest absolute Gasteiger partial charge is 0.483 e. The van der Waals surface area contributed by atoms with Crippen molar-refractivity contribution in [1.82, 2.24) is 5.32 Å². The molecule has 1 aromatic carbocycles. The predicted molar refractivity (Wildman–Crippen MR) is 57.1 cm³/mol. The van der Waals surface area contributed by atoms with Crippen LogP contribution in [0.25, 0.3) is 0 Å². The Balaban J connectivity index is 0.000000583. The second kappa shape index (κ2) is 9.15. The summed E-state index contributed by atoms with van der Waals surface area (Å²) in [5.74, 6) is -0.124. The van der Waals surface area contributed by atoms with Crippen LogP contribution in [0.5, 0.6) is 0 Å². The lowest BCUT2D eigenvalue weighted by Crippen LogP contribution is -2.14. The molecule has 0 radical (unpaired) electrons. The maximum atomic E-state index is 13.0. The van der Waals surface area contributed by atoms with E-state index < -0.39 is 0 Å². The van der Waals surface area contributed by atoms with Gasteiger partial charge in [0, 0.05) is 12.1 Å². The summed E-state index contributed by atoms with van der Waals surface area (Å²) in [7, 11) is 0. The topological polar surface area (TPSA) is 49.3 Å². The van der Waals surface area contributed by atoms with E-state index in [4.69, 9.17) is 9.90 Å². The van der Waals surface area contributed by atoms with Crippen molar-refractivity contribution >= 4 is 6.47 Å². The Bertz CT molecular complexity index is 279. The molecular formula is C11H16FNO2. The van der Waals surface area contributed by atoms with Gasteiger partial charge in [-0.1, -0.05) is 25.1 Å². The average molecular weight is 213 g/mol. The van der Waals surface area contributed by atoms with Gasteiger partial charge in [-0.15, -0.1) is 0 Å². The summed E-state index contributed by atoms with van der Waals surface area (Å²) < 4.78 is 13.0. The van der Waals surface area contributed by atoms with E-state index in [1.165, 1.54) is 6.07 Å². The zero-order valence-corrected chi connectivity index (χ0v) is 8.74. The van der Waals surface area contributed by atoms with Crippen LogP contribution in [0.4, 0.5) is 4.39 Å². The van der Waals surface area contributed by atoms with E-state index in [2.05, 4.69) is 12.2 Å². The third-order valence-electron chi connectivity index (χ3n) is 1.70. The minimum absolute atomic E-state index is 0.124. The Morgan fingerprint density at radius 1 is 1.47 bits per heavy atom. The second-order valence-corrected chi connectivity index (χ2v) is 2.87. The van der Waals surface area contributed by atoms with Crippen LogP contribution in [0, 0.1) is 5.82 Å². The van der Waals surface area contributed by atoms with Gasteiger partial charge in [-0.05, 0) is 19.0 Å². The molecule has 0 unspecified atom stereocenters. The molecule has 0 aromatic heterocycles. The van der Waals surface area contributed by atoms with Crippen molar-refractivity contribution in [2.24, 2.45) is 0 Å². The van der Waals surface area contributed by atoms with Crippen molar-refractivity contribution in [3.05, 3.63) is 35.6 Å². The van der Waals surface area contributed by atoms with Gasteiger partial charge >= 0.3 is 0 Å². The maximum absolute atomic E-state index is 13.0. The number of nitrogens with one attached hydrogen (secondary N) is 1. The molecule has 1 aromatic rings. The Hall–Kier alpha value is -1.42. The molecule has 0 fully saturated rings. The lowest BCUT2D eigenvalue weighted by molar-refractivity contribution is -0.122. The smallest absolute Gasteiger partial charge is 0.290 e. The van der Waals surface area contributed by atoms with Crippen molar-refractivity contribution in [3.8, 4) is 0 Å². The van der Waals surface area contributed by atoms with Crippen LogP contribution in [0.1, 0.15) is 18.9 Å². The molecule has 84 valence electrons. The minimum Gasteiger partial charge on any atom is -0.483 e. The van der Waals surface area contributed by atoms with E-state index in [1.807, 2.05) is 6.07 Å². The Morgan fingerprint density at radius 3 is 2.60 bits per heavy atom. The molecule has 3 nitrogen and oxygen atoms in total. The number of hydrogen-bond donors (Lipinski definition) is 2. The van der Waals surface area contributed by atoms with Gasteiger partial charge in [-0.25, -0.2) is 4.39 Å². The van der Waals surface area contributed by atoms with Gasteiger partial charge in [0.25, 0.3) is 6.47 Å². The van der Waals surface area contributed by atoms with Crippen LogP contribution in [0.2, 0.25) is 0 Å². The standard InChI is InChI=1S/C10H14FN.CH2O2/c1-2-7-12-8-9-5-3-4-6-10(9)11;2-1-3/h3-6,12H,2,7-8H2,1H3;1H,(H,2,3). The van der Waals surface area contributed by atoms with Crippen molar-refractivity contribution < 1.29 is 14.3 Å². The van der Waals surface area contributed by atoms with Crippen molar-refractivity contribution in [2.75, 3.05) is 6.54 Å². The summed E-state index contributed by atoms with van der Waals surface area (Å²) in [6.07, 6.45) is 1.08. The number of benzene rings is 1. The molecule has 0 aliphatic rings. The van der Waals surface area contributed by atoms with Crippen molar-refractivity contribution in [3.63, 3.8) is 0 Å². The molecule has 0 spiro atoms. The quantitative estimate of drug-likeness (QED) is 0.594. The first-order valence-corrected chi connectivity index (χ1v) is 4.78. The molecule has 1 rings (SSSR count). The zero-order valence-electron chi connectivity index (χ0n) is 8.74.